The normalized spacial score (nSPS) is 41.4. The molecule has 0 amide bonds. The van der Waals surface area contributed by atoms with Crippen LogP contribution >= 0.6 is 0 Å². The van der Waals surface area contributed by atoms with Gasteiger partial charge in [0.15, 0.2) is 6.10 Å². The molecule has 0 radical (unpaired) electrons. The zero-order valence-electron chi connectivity index (χ0n) is 10.6. The summed E-state index contributed by atoms with van der Waals surface area (Å²) in [6.07, 6.45) is -5.05. The van der Waals surface area contributed by atoms with E-state index in [1.807, 2.05) is 0 Å². The number of nitrogens with zero attached hydrogens (tertiary/aromatic N) is 1. The van der Waals surface area contributed by atoms with E-state index in [0.717, 1.165) is 0 Å². The number of aliphatic hydroxyl groups is 4. The Morgan fingerprint density at radius 3 is 2.30 bits per heavy atom. The van der Waals surface area contributed by atoms with E-state index in [9.17, 15) is 30.5 Å². The van der Waals surface area contributed by atoms with Crippen molar-refractivity contribution in [2.24, 2.45) is 0 Å². The van der Waals surface area contributed by atoms with E-state index in [-0.39, 0.29) is 5.56 Å². The smallest absolute Gasteiger partial charge is 0.387 e. The largest absolute Gasteiger partial charge is 0.409 e. The number of nitro groups is 1. The maximum Gasteiger partial charge on any atom is 0.409 e. The molecule has 1 aliphatic rings. The monoisotopic (exact) mass is 285 g/mol. The van der Waals surface area contributed by atoms with Crippen LogP contribution in [0.1, 0.15) is 12.5 Å². The number of aliphatic hydroxyl groups excluding tert-OH is 2. The Morgan fingerprint density at radius 2 is 1.80 bits per heavy atom. The second-order valence-electron chi connectivity index (χ2n) is 4.75. The standard InChI is InChI=1S/C12H15NO7/c1-7-9(14)10(15)11(16,13(18)19)12(17,20-7)8-5-3-2-4-6-8/h2-7,9-10,14-17H,1H3/t7-,9-,10+,11+,12+/m1/s1. The lowest BCUT2D eigenvalue weighted by Gasteiger charge is -2.46. The third kappa shape index (κ3) is 1.81. The van der Waals surface area contributed by atoms with Gasteiger partial charge in [0.05, 0.1) is 11.0 Å². The van der Waals surface area contributed by atoms with Gasteiger partial charge in [0.2, 0.25) is 0 Å². The minimum absolute atomic E-state index is 0.1000. The van der Waals surface area contributed by atoms with Crippen LogP contribution in [0.4, 0.5) is 0 Å². The molecule has 8 heteroatoms. The lowest BCUT2D eigenvalue weighted by molar-refractivity contribution is -0.698. The molecule has 0 saturated carbocycles. The highest BCUT2D eigenvalue weighted by Gasteiger charge is 2.73. The summed E-state index contributed by atoms with van der Waals surface area (Å²) in [6.45, 7) is 1.32. The molecule has 0 aliphatic carbocycles. The summed E-state index contributed by atoms with van der Waals surface area (Å²) >= 11 is 0. The molecular weight excluding hydrogens is 270 g/mol. The first kappa shape index (κ1) is 14.8. The zero-order chi connectivity index (χ0) is 15.1. The van der Waals surface area contributed by atoms with Gasteiger partial charge in [-0.3, -0.25) is 10.1 Å². The molecule has 1 saturated heterocycles. The Labute approximate surface area is 114 Å². The first-order valence-corrected chi connectivity index (χ1v) is 5.94. The molecule has 4 N–H and O–H groups in total. The number of rotatable bonds is 2. The minimum Gasteiger partial charge on any atom is -0.387 e. The number of benzene rings is 1. The second-order valence-corrected chi connectivity index (χ2v) is 4.75. The molecule has 1 fully saturated rings. The molecular formula is C12H15NO7. The Hall–Kier alpha value is -1.58. The molecule has 0 unspecified atom stereocenters. The fraction of sp³-hybridized carbons (Fsp3) is 0.500. The quantitative estimate of drug-likeness (QED) is 0.309. The van der Waals surface area contributed by atoms with Crippen LogP contribution in [0.25, 0.3) is 0 Å². The van der Waals surface area contributed by atoms with Crippen molar-refractivity contribution in [3.63, 3.8) is 0 Å². The molecule has 2 rings (SSSR count). The molecule has 0 spiro atoms. The van der Waals surface area contributed by atoms with Crippen LogP contribution in [-0.4, -0.2) is 49.4 Å². The fourth-order valence-electron chi connectivity index (χ4n) is 2.30. The second kappa shape index (κ2) is 4.76. The molecule has 20 heavy (non-hydrogen) atoms. The van der Waals surface area contributed by atoms with E-state index >= 15 is 0 Å². The summed E-state index contributed by atoms with van der Waals surface area (Å²) in [7, 11) is 0. The zero-order valence-corrected chi connectivity index (χ0v) is 10.6. The average molecular weight is 285 g/mol. The number of ether oxygens (including phenoxy) is 1. The summed E-state index contributed by atoms with van der Waals surface area (Å²) in [5, 5.41) is 51.4. The van der Waals surface area contributed by atoms with Gasteiger partial charge < -0.3 is 25.2 Å². The van der Waals surface area contributed by atoms with Gasteiger partial charge in [-0.15, -0.1) is 0 Å². The summed E-state index contributed by atoms with van der Waals surface area (Å²) in [6, 6.07) is 7.20. The van der Waals surface area contributed by atoms with Gasteiger partial charge in [-0.05, 0) is 6.92 Å². The maximum absolute atomic E-state index is 11.2. The van der Waals surface area contributed by atoms with Crippen LogP contribution < -0.4 is 0 Å². The van der Waals surface area contributed by atoms with Crippen LogP contribution in [0.5, 0.6) is 0 Å². The van der Waals surface area contributed by atoms with Gasteiger partial charge in [0.1, 0.15) is 6.10 Å². The summed E-state index contributed by atoms with van der Waals surface area (Å²) in [5.41, 5.74) is -3.39. The van der Waals surface area contributed by atoms with E-state index in [2.05, 4.69) is 0 Å². The SMILES string of the molecule is C[C@H]1O[C@@](O)(c2ccccc2)[C@](O)([N+](=O)[O-])[C@@H](O)[C@@H]1O. The van der Waals surface area contributed by atoms with Crippen LogP contribution in [0.3, 0.4) is 0 Å². The van der Waals surface area contributed by atoms with Gasteiger partial charge >= 0.3 is 5.72 Å². The van der Waals surface area contributed by atoms with E-state index in [1.54, 1.807) is 6.07 Å². The molecule has 110 valence electrons. The van der Waals surface area contributed by atoms with E-state index in [4.69, 9.17) is 4.74 Å². The van der Waals surface area contributed by atoms with Gasteiger partial charge in [-0.2, -0.15) is 0 Å². The fourth-order valence-corrected chi connectivity index (χ4v) is 2.30. The van der Waals surface area contributed by atoms with Crippen molar-refractivity contribution in [2.75, 3.05) is 0 Å². The van der Waals surface area contributed by atoms with Crippen molar-refractivity contribution >= 4 is 0 Å². The lowest BCUT2D eigenvalue weighted by Crippen LogP contribution is -2.73. The highest BCUT2D eigenvalue weighted by atomic mass is 16.7. The van der Waals surface area contributed by atoms with Gasteiger partial charge in [0.25, 0.3) is 5.79 Å². The van der Waals surface area contributed by atoms with Crippen molar-refractivity contribution in [2.45, 2.75) is 36.7 Å². The first-order chi connectivity index (χ1) is 9.25. The van der Waals surface area contributed by atoms with Gasteiger partial charge in [-0.25, -0.2) is 0 Å². The third-order valence-corrected chi connectivity index (χ3v) is 3.52. The summed E-state index contributed by atoms with van der Waals surface area (Å²) in [5.74, 6) is -2.78. The molecule has 0 bridgehead atoms. The summed E-state index contributed by atoms with van der Waals surface area (Å²) in [4.78, 5) is 9.91. The van der Waals surface area contributed by atoms with E-state index < -0.39 is 34.7 Å². The maximum atomic E-state index is 11.2. The van der Waals surface area contributed by atoms with Crippen molar-refractivity contribution in [1.82, 2.24) is 0 Å². The van der Waals surface area contributed by atoms with Gasteiger partial charge in [0, 0.05) is 5.56 Å². The molecule has 1 aromatic carbocycles. The van der Waals surface area contributed by atoms with Crippen LogP contribution in [0, 0.1) is 10.1 Å². The van der Waals surface area contributed by atoms with E-state index in [0.29, 0.717) is 0 Å². The van der Waals surface area contributed by atoms with Crippen LogP contribution in [-0.2, 0) is 10.5 Å². The molecule has 5 atom stereocenters. The highest BCUT2D eigenvalue weighted by Crippen LogP contribution is 2.43. The lowest BCUT2D eigenvalue weighted by atomic mass is 9.83. The average Bonchev–Trinajstić information content (AvgIpc) is 2.43. The molecule has 1 aliphatic heterocycles. The number of hydrogen-bond donors (Lipinski definition) is 4. The molecule has 8 nitrogen and oxygen atoms in total. The minimum atomic E-state index is -3.29. The van der Waals surface area contributed by atoms with Crippen molar-refractivity contribution in [3.8, 4) is 0 Å². The Balaban J connectivity index is 2.61. The van der Waals surface area contributed by atoms with Crippen LogP contribution in [0.2, 0.25) is 0 Å². The van der Waals surface area contributed by atoms with Crippen molar-refractivity contribution in [3.05, 3.63) is 46.0 Å². The number of hydrogen-bond acceptors (Lipinski definition) is 7. The first-order valence-electron chi connectivity index (χ1n) is 5.94. The molecule has 0 aromatic heterocycles. The van der Waals surface area contributed by atoms with Crippen molar-refractivity contribution in [1.29, 1.82) is 0 Å². The Bertz CT molecular complexity index is 510. The van der Waals surface area contributed by atoms with E-state index in [1.165, 1.54) is 31.2 Å². The predicted octanol–water partition coefficient (Wildman–Crippen LogP) is -1.06. The Kier molecular flexibility index (Phi) is 3.53. The predicted molar refractivity (Wildman–Crippen MR) is 64.8 cm³/mol. The highest BCUT2D eigenvalue weighted by molar-refractivity contribution is 5.24. The van der Waals surface area contributed by atoms with Crippen molar-refractivity contribution < 1.29 is 30.1 Å². The topological polar surface area (TPSA) is 133 Å². The molecule has 1 heterocycles. The van der Waals surface area contributed by atoms with Crippen LogP contribution in [0.15, 0.2) is 30.3 Å². The Morgan fingerprint density at radius 1 is 1.25 bits per heavy atom. The molecule has 1 aromatic rings. The third-order valence-electron chi connectivity index (χ3n) is 3.52. The van der Waals surface area contributed by atoms with Gasteiger partial charge in [-0.1, -0.05) is 30.3 Å². The summed E-state index contributed by atoms with van der Waals surface area (Å²) < 4.78 is 5.07.